The van der Waals surface area contributed by atoms with Gasteiger partial charge in [-0.3, -0.25) is 4.90 Å². The van der Waals surface area contributed by atoms with Crippen molar-refractivity contribution in [3.05, 3.63) is 95.8 Å². The normalized spacial score (nSPS) is 24.4. The summed E-state index contributed by atoms with van der Waals surface area (Å²) in [6.07, 6.45) is 0. The van der Waals surface area contributed by atoms with Crippen LogP contribution in [0.15, 0.2) is 78.9 Å². The topological polar surface area (TPSA) is 15.3 Å². The highest BCUT2D eigenvalue weighted by Gasteiger charge is 2.46. The van der Waals surface area contributed by atoms with Crippen molar-refractivity contribution in [3.8, 4) is 11.1 Å². The highest BCUT2D eigenvalue weighted by atomic mass is 19.1. The molecule has 0 aliphatic carbocycles. The third kappa shape index (κ3) is 3.29. The van der Waals surface area contributed by atoms with Crippen LogP contribution in [0.5, 0.6) is 0 Å². The maximum absolute atomic E-state index is 13.1. The van der Waals surface area contributed by atoms with E-state index in [1.807, 2.05) is 12.1 Å². The molecule has 3 aliphatic rings. The zero-order valence-corrected chi connectivity index (χ0v) is 15.2. The van der Waals surface area contributed by atoms with Gasteiger partial charge in [-0.05, 0) is 34.4 Å². The average molecular weight is 358 g/mol. The smallest absolute Gasteiger partial charge is 0.123 e. The Morgan fingerprint density at radius 2 is 1.37 bits per heavy atom. The van der Waals surface area contributed by atoms with Gasteiger partial charge >= 0.3 is 0 Å². The lowest BCUT2D eigenvalue weighted by Gasteiger charge is -2.55. The van der Waals surface area contributed by atoms with E-state index in [9.17, 15) is 4.39 Å². The van der Waals surface area contributed by atoms with Gasteiger partial charge in [0.2, 0.25) is 0 Å². The molecule has 3 saturated heterocycles. The van der Waals surface area contributed by atoms with Crippen LogP contribution in [0.2, 0.25) is 0 Å². The second-order valence-electron chi connectivity index (χ2n) is 7.71. The van der Waals surface area contributed by atoms with Crippen LogP contribution in [0.1, 0.15) is 17.0 Å². The SMILES string of the molecule is Fc1ccc(-c2ccc(C3[C@@H]4CN(Cc5ccccc5)C[C@H]3N4)cc2)cc1. The second-order valence-corrected chi connectivity index (χ2v) is 7.71. The minimum Gasteiger partial charge on any atom is -0.307 e. The second kappa shape index (κ2) is 6.91. The predicted molar refractivity (Wildman–Crippen MR) is 107 cm³/mol. The van der Waals surface area contributed by atoms with Crippen LogP contribution in [-0.4, -0.2) is 30.1 Å². The molecule has 0 spiro atoms. The van der Waals surface area contributed by atoms with Crippen LogP contribution >= 0.6 is 0 Å². The fourth-order valence-electron chi connectivity index (χ4n) is 4.58. The zero-order valence-electron chi connectivity index (χ0n) is 15.2. The third-order valence-electron chi connectivity index (χ3n) is 5.93. The van der Waals surface area contributed by atoms with Gasteiger partial charge in [0.15, 0.2) is 0 Å². The quantitative estimate of drug-likeness (QED) is 0.742. The van der Waals surface area contributed by atoms with Crippen LogP contribution < -0.4 is 5.32 Å². The Labute approximate surface area is 159 Å². The van der Waals surface area contributed by atoms with Gasteiger partial charge in [0.25, 0.3) is 0 Å². The van der Waals surface area contributed by atoms with Crippen LogP contribution in [0, 0.1) is 5.82 Å². The molecule has 0 radical (unpaired) electrons. The fourth-order valence-corrected chi connectivity index (χ4v) is 4.58. The first-order chi connectivity index (χ1) is 13.3. The zero-order chi connectivity index (χ0) is 18.2. The number of piperidine rings is 1. The van der Waals surface area contributed by atoms with Gasteiger partial charge in [-0.25, -0.2) is 4.39 Å². The van der Waals surface area contributed by atoms with E-state index in [4.69, 9.17) is 0 Å². The fraction of sp³-hybridized carbons (Fsp3) is 0.250. The number of benzene rings is 3. The highest BCUT2D eigenvalue weighted by molar-refractivity contribution is 5.63. The molecule has 2 bridgehead atoms. The first-order valence-electron chi connectivity index (χ1n) is 9.64. The minimum absolute atomic E-state index is 0.191. The number of fused-ring (bicyclic) bond motifs is 2. The van der Waals surface area contributed by atoms with Crippen LogP contribution in [-0.2, 0) is 6.54 Å². The van der Waals surface area contributed by atoms with Gasteiger partial charge in [-0.1, -0.05) is 66.7 Å². The maximum Gasteiger partial charge on any atom is 0.123 e. The van der Waals surface area contributed by atoms with E-state index < -0.39 is 0 Å². The number of halogens is 1. The van der Waals surface area contributed by atoms with E-state index in [1.54, 1.807) is 0 Å². The first kappa shape index (κ1) is 16.7. The van der Waals surface area contributed by atoms with Crippen molar-refractivity contribution in [2.75, 3.05) is 13.1 Å². The molecule has 3 heteroatoms. The van der Waals surface area contributed by atoms with E-state index in [-0.39, 0.29) is 5.82 Å². The molecule has 1 unspecified atom stereocenters. The van der Waals surface area contributed by atoms with Gasteiger partial charge in [0.05, 0.1) is 0 Å². The summed E-state index contributed by atoms with van der Waals surface area (Å²) in [5, 5.41) is 3.71. The Bertz CT molecular complexity index is 893. The summed E-state index contributed by atoms with van der Waals surface area (Å²) in [4.78, 5) is 2.56. The van der Waals surface area contributed by atoms with E-state index >= 15 is 0 Å². The summed E-state index contributed by atoms with van der Waals surface area (Å²) in [5.74, 6) is 0.406. The molecule has 27 heavy (non-hydrogen) atoms. The van der Waals surface area contributed by atoms with Crippen molar-refractivity contribution in [1.29, 1.82) is 0 Å². The first-order valence-corrected chi connectivity index (χ1v) is 9.64. The summed E-state index contributed by atoms with van der Waals surface area (Å²) in [6.45, 7) is 3.22. The van der Waals surface area contributed by atoms with E-state index in [0.29, 0.717) is 18.0 Å². The van der Waals surface area contributed by atoms with Crippen molar-refractivity contribution in [3.63, 3.8) is 0 Å². The Morgan fingerprint density at radius 3 is 2.00 bits per heavy atom. The van der Waals surface area contributed by atoms with Crippen LogP contribution in [0.3, 0.4) is 0 Å². The molecule has 3 aliphatic heterocycles. The third-order valence-corrected chi connectivity index (χ3v) is 5.93. The Morgan fingerprint density at radius 1 is 0.778 bits per heavy atom. The molecule has 3 heterocycles. The van der Waals surface area contributed by atoms with Gasteiger partial charge in [0, 0.05) is 37.6 Å². The molecule has 3 aromatic rings. The van der Waals surface area contributed by atoms with Crippen molar-refractivity contribution >= 4 is 0 Å². The van der Waals surface area contributed by atoms with E-state index in [0.717, 1.165) is 30.8 Å². The predicted octanol–water partition coefficient (Wildman–Crippen LogP) is 4.43. The Kier molecular flexibility index (Phi) is 4.27. The van der Waals surface area contributed by atoms with E-state index in [1.165, 1.54) is 23.3 Å². The molecule has 3 atom stereocenters. The number of hydrogen-bond donors (Lipinski definition) is 1. The van der Waals surface area contributed by atoms with Crippen molar-refractivity contribution in [1.82, 2.24) is 10.2 Å². The number of nitrogens with zero attached hydrogens (tertiary/aromatic N) is 1. The standard InChI is InChI=1S/C24H23FN2/c25-21-12-10-19(11-13-21)18-6-8-20(9-7-18)24-22-15-27(16-23(24)26-22)14-17-4-2-1-3-5-17/h1-13,22-24,26H,14-16H2/t22-,23+,24?. The maximum atomic E-state index is 13.1. The number of piperazine rings is 1. The van der Waals surface area contributed by atoms with Gasteiger partial charge < -0.3 is 5.32 Å². The molecule has 2 nitrogen and oxygen atoms in total. The molecular formula is C24H23FN2. The summed E-state index contributed by atoms with van der Waals surface area (Å²) in [6, 6.07) is 27.3. The number of nitrogens with one attached hydrogen (secondary N) is 1. The average Bonchev–Trinajstić information content (AvgIpc) is 2.70. The van der Waals surface area contributed by atoms with E-state index in [2.05, 4.69) is 64.8 Å². The van der Waals surface area contributed by atoms with Gasteiger partial charge in [-0.2, -0.15) is 0 Å². The number of hydrogen-bond acceptors (Lipinski definition) is 2. The lowest BCUT2D eigenvalue weighted by atomic mass is 9.74. The summed E-state index contributed by atoms with van der Waals surface area (Å²) in [7, 11) is 0. The molecule has 6 rings (SSSR count). The van der Waals surface area contributed by atoms with Crippen LogP contribution in [0.4, 0.5) is 4.39 Å². The molecule has 0 aromatic heterocycles. The molecule has 1 N–H and O–H groups in total. The summed E-state index contributed by atoms with van der Waals surface area (Å²) < 4.78 is 13.1. The molecule has 0 amide bonds. The van der Waals surface area contributed by atoms with Gasteiger partial charge in [0.1, 0.15) is 5.82 Å². The Hall–Kier alpha value is -2.49. The highest BCUT2D eigenvalue weighted by Crippen LogP contribution is 2.37. The molecule has 136 valence electrons. The lowest BCUT2D eigenvalue weighted by Crippen LogP contribution is -2.71. The minimum atomic E-state index is -0.191. The van der Waals surface area contributed by atoms with Crippen molar-refractivity contribution < 1.29 is 4.39 Å². The lowest BCUT2D eigenvalue weighted by molar-refractivity contribution is 0.0471. The van der Waals surface area contributed by atoms with Crippen molar-refractivity contribution in [2.24, 2.45) is 0 Å². The summed E-state index contributed by atoms with van der Waals surface area (Å²) in [5.41, 5.74) is 5.00. The Balaban J connectivity index is 1.26. The van der Waals surface area contributed by atoms with Crippen LogP contribution in [0.25, 0.3) is 11.1 Å². The van der Waals surface area contributed by atoms with Crippen molar-refractivity contribution in [2.45, 2.75) is 24.5 Å². The summed E-state index contributed by atoms with van der Waals surface area (Å²) >= 11 is 0. The van der Waals surface area contributed by atoms with Gasteiger partial charge in [-0.15, -0.1) is 0 Å². The monoisotopic (exact) mass is 358 g/mol. The molecule has 3 aromatic carbocycles. The molecule has 3 fully saturated rings. The molecule has 0 saturated carbocycles. The molecular weight excluding hydrogens is 335 g/mol. The number of rotatable bonds is 4. The largest absolute Gasteiger partial charge is 0.307 e.